The van der Waals surface area contributed by atoms with Crippen molar-refractivity contribution in [1.29, 1.82) is 0 Å². The first-order chi connectivity index (χ1) is 10.1. The van der Waals surface area contributed by atoms with Gasteiger partial charge in [-0.05, 0) is 0 Å². The van der Waals surface area contributed by atoms with E-state index in [2.05, 4.69) is 4.74 Å². The highest BCUT2D eigenvalue weighted by atomic mass is 31.2. The minimum Gasteiger partial charge on any atom is -0.479 e. The van der Waals surface area contributed by atoms with E-state index in [4.69, 9.17) is 14.9 Å². The number of carboxylic acid groups (broad SMARTS) is 1. The Hall–Kier alpha value is -2.07. The van der Waals surface area contributed by atoms with Crippen LogP contribution in [0.1, 0.15) is 0 Å². The van der Waals surface area contributed by atoms with Gasteiger partial charge >= 0.3 is 19.3 Å². The Kier molecular flexibility index (Phi) is 5.94. The lowest BCUT2D eigenvalue weighted by atomic mass is 10.5. The van der Waals surface area contributed by atoms with Gasteiger partial charge in [0.25, 0.3) is 11.4 Å². The van der Waals surface area contributed by atoms with Gasteiger partial charge in [0.05, 0.1) is 12.8 Å². The highest BCUT2D eigenvalue weighted by Gasteiger charge is 2.36. The van der Waals surface area contributed by atoms with Gasteiger partial charge in [-0.3, -0.25) is 18.9 Å². The molecule has 1 atom stereocenters. The van der Waals surface area contributed by atoms with E-state index < -0.39 is 43.1 Å². The summed E-state index contributed by atoms with van der Waals surface area (Å²) in [5, 5.41) is 8.57. The second kappa shape index (κ2) is 7.27. The van der Waals surface area contributed by atoms with Gasteiger partial charge in [-0.1, -0.05) is 12.2 Å². The predicted molar refractivity (Wildman–Crippen MR) is 69.8 cm³/mol. The van der Waals surface area contributed by atoms with Crippen LogP contribution < -0.4 is 11.2 Å². The summed E-state index contributed by atoms with van der Waals surface area (Å²) >= 11 is 0. The molecule has 22 heavy (non-hydrogen) atoms. The van der Waals surface area contributed by atoms with Crippen molar-refractivity contribution in [3.63, 3.8) is 0 Å². The van der Waals surface area contributed by atoms with Gasteiger partial charge in [-0.2, -0.15) is 4.39 Å². The number of aliphatic carboxylic acids is 1. The van der Waals surface area contributed by atoms with Crippen molar-refractivity contribution in [1.82, 2.24) is 9.55 Å². The Morgan fingerprint density at radius 1 is 1.45 bits per heavy atom. The van der Waals surface area contributed by atoms with Gasteiger partial charge in [0, 0.05) is 6.54 Å². The maximum absolute atomic E-state index is 13.0. The third-order valence-corrected chi connectivity index (χ3v) is 3.28. The number of nitrogens with one attached hydrogen (secondary N) is 1. The molecule has 1 heterocycles. The summed E-state index contributed by atoms with van der Waals surface area (Å²) in [6.07, 6.45) is 3.13. The molecular weight excluding hydrogens is 326 g/mol. The fourth-order valence-corrected chi connectivity index (χ4v) is 1.90. The Morgan fingerprint density at radius 2 is 2.09 bits per heavy atom. The summed E-state index contributed by atoms with van der Waals surface area (Å²) in [5.41, 5.74) is -2.00. The van der Waals surface area contributed by atoms with E-state index in [0.717, 1.165) is 4.57 Å². The van der Waals surface area contributed by atoms with Gasteiger partial charge < -0.3 is 19.6 Å². The number of halogens is 1. The molecule has 0 saturated heterocycles. The Morgan fingerprint density at radius 3 is 2.64 bits per heavy atom. The number of aromatic amines is 1. The van der Waals surface area contributed by atoms with Gasteiger partial charge in [0.2, 0.25) is 5.82 Å². The lowest BCUT2D eigenvalue weighted by Crippen LogP contribution is -2.31. The summed E-state index contributed by atoms with van der Waals surface area (Å²) in [4.78, 5) is 51.9. The van der Waals surface area contributed by atoms with Crippen molar-refractivity contribution in [3.05, 3.63) is 45.0 Å². The van der Waals surface area contributed by atoms with Crippen molar-refractivity contribution >= 4 is 13.6 Å². The molecule has 10 nitrogen and oxygen atoms in total. The SMILES string of the molecule is O=C(O)C(OC/C=C\Cn1cc(F)c(=O)[nH]c1=O)P(=O)(O)O. The van der Waals surface area contributed by atoms with E-state index in [1.54, 1.807) is 4.98 Å². The van der Waals surface area contributed by atoms with Gasteiger partial charge in [-0.25, -0.2) is 9.59 Å². The summed E-state index contributed by atoms with van der Waals surface area (Å²) in [6, 6.07) is 0. The van der Waals surface area contributed by atoms with E-state index >= 15 is 0 Å². The zero-order valence-electron chi connectivity index (χ0n) is 10.9. The molecule has 122 valence electrons. The molecule has 0 amide bonds. The normalized spacial score (nSPS) is 13.4. The Bertz CT molecular complexity index is 733. The number of H-pyrrole nitrogens is 1. The van der Waals surface area contributed by atoms with Crippen LogP contribution in [-0.4, -0.2) is 42.9 Å². The first-order valence-electron chi connectivity index (χ1n) is 5.67. The monoisotopic (exact) mass is 338 g/mol. The van der Waals surface area contributed by atoms with Crippen LogP contribution in [0.3, 0.4) is 0 Å². The van der Waals surface area contributed by atoms with Crippen LogP contribution in [0.15, 0.2) is 27.9 Å². The number of hydrogen-bond donors (Lipinski definition) is 4. The average Bonchev–Trinajstić information content (AvgIpc) is 2.37. The van der Waals surface area contributed by atoms with Gasteiger partial charge in [0.1, 0.15) is 0 Å². The van der Waals surface area contributed by atoms with E-state index in [0.29, 0.717) is 6.20 Å². The lowest BCUT2D eigenvalue weighted by Gasteiger charge is -2.13. The topological polar surface area (TPSA) is 159 Å². The number of rotatable bonds is 7. The molecule has 0 spiro atoms. The number of aromatic nitrogens is 2. The van der Waals surface area contributed by atoms with E-state index in [1.165, 1.54) is 12.2 Å². The van der Waals surface area contributed by atoms with Gasteiger partial charge in [-0.15, -0.1) is 0 Å². The minimum absolute atomic E-state index is 0.163. The third kappa shape index (κ3) is 5.04. The molecule has 0 saturated carbocycles. The summed E-state index contributed by atoms with van der Waals surface area (Å²) < 4.78 is 29.1. The fraction of sp³-hybridized carbons (Fsp3) is 0.300. The van der Waals surface area contributed by atoms with Crippen LogP contribution in [-0.2, 0) is 20.6 Å². The van der Waals surface area contributed by atoms with Crippen molar-refractivity contribution in [3.8, 4) is 0 Å². The van der Waals surface area contributed by atoms with Crippen LogP contribution in [0.4, 0.5) is 4.39 Å². The van der Waals surface area contributed by atoms with Crippen LogP contribution in [0.25, 0.3) is 0 Å². The van der Waals surface area contributed by atoms with Crippen LogP contribution in [0.2, 0.25) is 0 Å². The molecule has 12 heteroatoms. The van der Waals surface area contributed by atoms with Crippen LogP contribution in [0.5, 0.6) is 0 Å². The quantitative estimate of drug-likeness (QED) is 0.358. The van der Waals surface area contributed by atoms with Crippen LogP contribution in [0, 0.1) is 5.82 Å². The molecule has 0 fully saturated rings. The zero-order chi connectivity index (χ0) is 16.9. The summed E-state index contributed by atoms with van der Waals surface area (Å²) in [5.74, 6) is -5.28. The molecule has 0 bridgehead atoms. The maximum atomic E-state index is 13.0. The smallest absolute Gasteiger partial charge is 0.365 e. The van der Waals surface area contributed by atoms with E-state index in [1.807, 2.05) is 0 Å². The number of nitrogens with zero attached hydrogens (tertiary/aromatic N) is 1. The van der Waals surface area contributed by atoms with Crippen molar-refractivity contribution in [2.24, 2.45) is 0 Å². The largest absolute Gasteiger partial charge is 0.479 e. The maximum Gasteiger partial charge on any atom is 0.365 e. The van der Waals surface area contributed by atoms with Crippen LogP contribution >= 0.6 is 7.60 Å². The first-order valence-corrected chi connectivity index (χ1v) is 7.35. The summed E-state index contributed by atoms with van der Waals surface area (Å²) in [7, 11) is -4.96. The van der Waals surface area contributed by atoms with Crippen molar-refractivity contribution in [2.75, 3.05) is 6.61 Å². The molecule has 0 aliphatic rings. The van der Waals surface area contributed by atoms with Crippen molar-refractivity contribution in [2.45, 2.75) is 12.4 Å². The van der Waals surface area contributed by atoms with E-state index in [9.17, 15) is 23.3 Å². The number of carboxylic acids is 1. The Balaban J connectivity index is 2.63. The van der Waals surface area contributed by atoms with Gasteiger partial charge in [0.15, 0.2) is 0 Å². The minimum atomic E-state index is -4.96. The average molecular weight is 338 g/mol. The molecule has 1 rings (SSSR count). The molecule has 1 aromatic heterocycles. The molecule has 0 aliphatic heterocycles. The second-order valence-electron chi connectivity index (χ2n) is 3.97. The number of hydrogen-bond acceptors (Lipinski definition) is 5. The molecular formula is C10H12FN2O8P. The van der Waals surface area contributed by atoms with Crippen molar-refractivity contribution < 1.29 is 33.4 Å². The Labute approximate surface area is 121 Å². The fourth-order valence-electron chi connectivity index (χ4n) is 1.33. The standard InChI is InChI=1S/C10H12FN2O8P/c11-6-5-13(10(17)12-7(6)14)3-1-2-4-21-9(8(15)16)22(18,19)20/h1-2,5,9H,3-4H2,(H,15,16)(H,12,14,17)(H2,18,19,20)/b2-1-. The molecule has 0 aromatic carbocycles. The molecule has 1 unspecified atom stereocenters. The molecule has 1 aromatic rings. The first kappa shape index (κ1) is 18.0. The molecule has 4 N–H and O–H groups in total. The number of allylic oxidation sites excluding steroid dienone is 1. The number of carbonyl (C=O) groups is 1. The zero-order valence-corrected chi connectivity index (χ0v) is 11.8. The lowest BCUT2D eigenvalue weighted by molar-refractivity contribution is -0.145. The highest BCUT2D eigenvalue weighted by Crippen LogP contribution is 2.41. The summed E-state index contributed by atoms with van der Waals surface area (Å²) in [6.45, 7) is -0.619. The number of ether oxygens (including phenoxy) is 1. The molecule has 0 aliphatic carbocycles. The predicted octanol–water partition coefficient (Wildman–Crippen LogP) is -1.16. The molecule has 0 radical (unpaired) electrons. The third-order valence-electron chi connectivity index (χ3n) is 2.30. The van der Waals surface area contributed by atoms with E-state index in [-0.39, 0.29) is 6.54 Å². The second-order valence-corrected chi connectivity index (χ2v) is 5.62. The highest BCUT2D eigenvalue weighted by molar-refractivity contribution is 7.53.